The van der Waals surface area contributed by atoms with Gasteiger partial charge in [0.2, 0.25) is 18.2 Å². The number of anilines is 2. The van der Waals surface area contributed by atoms with Gasteiger partial charge in [0.05, 0.1) is 12.1 Å². The number of pyridine rings is 1. The highest BCUT2D eigenvalue weighted by atomic mass is 16.4. The lowest BCUT2D eigenvalue weighted by Crippen LogP contribution is -2.45. The van der Waals surface area contributed by atoms with Gasteiger partial charge in [-0.3, -0.25) is 14.7 Å². The lowest BCUT2D eigenvalue weighted by molar-refractivity contribution is -0.119. The molecule has 4 rings (SSSR count). The zero-order valence-corrected chi connectivity index (χ0v) is 18.8. The number of amides is 1. The lowest BCUT2D eigenvalue weighted by Gasteiger charge is -2.31. The molecule has 0 unspecified atom stereocenters. The molecule has 0 spiro atoms. The molecule has 11 heteroatoms. The molecule has 4 heterocycles. The van der Waals surface area contributed by atoms with Crippen molar-refractivity contribution in [3.8, 4) is 11.5 Å². The highest BCUT2D eigenvalue weighted by Crippen LogP contribution is 2.26. The van der Waals surface area contributed by atoms with Gasteiger partial charge in [-0.2, -0.15) is 4.98 Å². The molecule has 1 saturated heterocycles. The molecule has 0 atom stereocenters. The average Bonchev–Trinajstić information content (AvgIpc) is 3.32. The quantitative estimate of drug-likeness (QED) is 0.416. The zero-order chi connectivity index (χ0) is 22.9. The molecule has 0 aromatic carbocycles. The zero-order valence-electron chi connectivity index (χ0n) is 18.8. The van der Waals surface area contributed by atoms with Crippen LogP contribution < -0.4 is 10.6 Å². The highest BCUT2D eigenvalue weighted by molar-refractivity contribution is 5.69. The Bertz CT molecular complexity index is 1020. The molecule has 3 aromatic heterocycles. The maximum absolute atomic E-state index is 10.9. The van der Waals surface area contributed by atoms with Gasteiger partial charge in [-0.25, -0.2) is 4.98 Å². The van der Waals surface area contributed by atoms with Gasteiger partial charge in [-0.1, -0.05) is 6.92 Å². The average molecular weight is 452 g/mol. The molecule has 0 aliphatic carbocycles. The van der Waals surface area contributed by atoms with E-state index in [0.717, 1.165) is 38.9 Å². The molecule has 11 nitrogen and oxygen atoms in total. The second-order valence-corrected chi connectivity index (χ2v) is 7.83. The van der Waals surface area contributed by atoms with E-state index in [2.05, 4.69) is 47.6 Å². The second kappa shape index (κ2) is 11.3. The molecule has 174 valence electrons. The molecule has 2 N–H and O–H groups in total. The first kappa shape index (κ1) is 22.6. The Morgan fingerprint density at radius 2 is 1.91 bits per heavy atom. The summed E-state index contributed by atoms with van der Waals surface area (Å²) in [5, 5.41) is 15.0. The standard InChI is InChI=1S/C22H29N9O2/c1-2-6-24-20-18(14-26-22(27-20)25-9-5-17-3-7-23-8-4-17)21-29-28-19(33-21)15-30-10-12-31(16-32)13-11-30/h3-4,7-8,14,16H,2,5-6,9-13,15H2,1H3,(H2,24,25,26,27). The van der Waals surface area contributed by atoms with Crippen molar-refractivity contribution >= 4 is 18.2 Å². The molecule has 3 aromatic rings. The maximum Gasteiger partial charge on any atom is 0.253 e. The Morgan fingerprint density at radius 1 is 1.09 bits per heavy atom. The van der Waals surface area contributed by atoms with Crippen LogP contribution in [0.4, 0.5) is 11.8 Å². The highest BCUT2D eigenvalue weighted by Gasteiger charge is 2.20. The summed E-state index contributed by atoms with van der Waals surface area (Å²) in [6, 6.07) is 3.99. The molecule has 1 fully saturated rings. The first-order chi connectivity index (χ1) is 16.2. The minimum absolute atomic E-state index is 0.387. The van der Waals surface area contributed by atoms with Crippen molar-refractivity contribution in [1.82, 2.24) is 34.9 Å². The Hall–Kier alpha value is -3.60. The number of hydrogen-bond donors (Lipinski definition) is 2. The summed E-state index contributed by atoms with van der Waals surface area (Å²) >= 11 is 0. The van der Waals surface area contributed by atoms with E-state index >= 15 is 0 Å². The number of aromatic nitrogens is 5. The Kier molecular flexibility index (Phi) is 7.75. The van der Waals surface area contributed by atoms with Crippen LogP contribution in [-0.2, 0) is 17.8 Å². The van der Waals surface area contributed by atoms with E-state index in [0.29, 0.717) is 55.3 Å². The summed E-state index contributed by atoms with van der Waals surface area (Å²) in [5.41, 5.74) is 1.87. The van der Waals surface area contributed by atoms with Crippen LogP contribution >= 0.6 is 0 Å². The summed E-state index contributed by atoms with van der Waals surface area (Å²) in [7, 11) is 0. The van der Waals surface area contributed by atoms with Gasteiger partial charge in [0.1, 0.15) is 5.82 Å². The predicted octanol–water partition coefficient (Wildman–Crippen LogP) is 1.67. The minimum atomic E-state index is 0.387. The third kappa shape index (κ3) is 6.22. The topological polar surface area (TPSA) is 125 Å². The molecule has 0 saturated carbocycles. The smallest absolute Gasteiger partial charge is 0.253 e. The van der Waals surface area contributed by atoms with Crippen LogP contribution in [0.3, 0.4) is 0 Å². The molecule has 1 aliphatic rings. The molecular formula is C22H29N9O2. The summed E-state index contributed by atoms with van der Waals surface area (Å²) < 4.78 is 5.93. The molecule has 0 bridgehead atoms. The van der Waals surface area contributed by atoms with Crippen molar-refractivity contribution in [2.45, 2.75) is 26.3 Å². The van der Waals surface area contributed by atoms with Crippen molar-refractivity contribution < 1.29 is 9.21 Å². The first-order valence-electron chi connectivity index (χ1n) is 11.2. The number of piperazine rings is 1. The summed E-state index contributed by atoms with van der Waals surface area (Å²) in [6.45, 7) is 7.09. The van der Waals surface area contributed by atoms with Gasteiger partial charge in [0.25, 0.3) is 5.89 Å². The molecule has 33 heavy (non-hydrogen) atoms. The largest absolute Gasteiger partial charge is 0.419 e. The number of nitrogens with zero attached hydrogens (tertiary/aromatic N) is 7. The van der Waals surface area contributed by atoms with Crippen molar-refractivity contribution in [3.63, 3.8) is 0 Å². The SMILES string of the molecule is CCCNc1nc(NCCc2ccncc2)ncc1-c1nnc(CN2CCN(C=O)CC2)o1. The fraction of sp³-hybridized carbons (Fsp3) is 0.455. The van der Waals surface area contributed by atoms with Gasteiger partial charge in [0, 0.05) is 57.9 Å². The maximum atomic E-state index is 10.9. The van der Waals surface area contributed by atoms with Crippen LogP contribution in [0.1, 0.15) is 24.8 Å². The van der Waals surface area contributed by atoms with Gasteiger partial charge < -0.3 is 20.0 Å². The van der Waals surface area contributed by atoms with E-state index < -0.39 is 0 Å². The number of rotatable bonds is 11. The number of hydrogen-bond acceptors (Lipinski definition) is 10. The monoisotopic (exact) mass is 451 g/mol. The summed E-state index contributed by atoms with van der Waals surface area (Å²) in [5.74, 6) is 2.12. The van der Waals surface area contributed by atoms with Crippen LogP contribution in [-0.4, -0.2) is 80.6 Å². The molecule has 1 amide bonds. The van der Waals surface area contributed by atoms with Crippen molar-refractivity contribution in [2.24, 2.45) is 0 Å². The van der Waals surface area contributed by atoms with Gasteiger partial charge in [0.15, 0.2) is 0 Å². The van der Waals surface area contributed by atoms with Gasteiger partial charge in [-0.05, 0) is 30.5 Å². The number of carbonyl (C=O) groups excluding carboxylic acids is 1. The van der Waals surface area contributed by atoms with Crippen LogP contribution in [0.15, 0.2) is 35.1 Å². The van der Waals surface area contributed by atoms with E-state index in [9.17, 15) is 4.79 Å². The third-order valence-corrected chi connectivity index (χ3v) is 5.39. The van der Waals surface area contributed by atoms with Crippen LogP contribution in [0, 0.1) is 0 Å². The molecule has 1 aliphatic heterocycles. The normalized spacial score (nSPS) is 14.3. The lowest BCUT2D eigenvalue weighted by atomic mass is 10.2. The summed E-state index contributed by atoms with van der Waals surface area (Å²) in [4.78, 5) is 28.0. The number of carbonyl (C=O) groups is 1. The van der Waals surface area contributed by atoms with Gasteiger partial charge >= 0.3 is 0 Å². The molecule has 0 radical (unpaired) electrons. The fourth-order valence-corrected chi connectivity index (χ4v) is 3.51. The van der Waals surface area contributed by atoms with Crippen LogP contribution in [0.2, 0.25) is 0 Å². The van der Waals surface area contributed by atoms with Gasteiger partial charge in [-0.15, -0.1) is 10.2 Å². The van der Waals surface area contributed by atoms with E-state index in [1.54, 1.807) is 23.5 Å². The van der Waals surface area contributed by atoms with E-state index in [-0.39, 0.29) is 0 Å². The third-order valence-electron chi connectivity index (χ3n) is 5.39. The van der Waals surface area contributed by atoms with Crippen molar-refractivity contribution in [2.75, 3.05) is 49.9 Å². The Labute approximate surface area is 192 Å². The Balaban J connectivity index is 1.41. The Morgan fingerprint density at radius 3 is 2.67 bits per heavy atom. The summed E-state index contributed by atoms with van der Waals surface area (Å²) in [6.07, 6.45) is 7.98. The fourth-order valence-electron chi connectivity index (χ4n) is 3.51. The molecular weight excluding hydrogens is 422 g/mol. The van der Waals surface area contributed by atoms with E-state index in [1.807, 2.05) is 12.1 Å². The predicted molar refractivity (Wildman–Crippen MR) is 123 cm³/mol. The van der Waals surface area contributed by atoms with E-state index in [4.69, 9.17) is 4.42 Å². The van der Waals surface area contributed by atoms with Crippen molar-refractivity contribution in [1.29, 1.82) is 0 Å². The minimum Gasteiger partial charge on any atom is -0.419 e. The van der Waals surface area contributed by atoms with Crippen molar-refractivity contribution in [3.05, 3.63) is 42.2 Å². The van der Waals surface area contributed by atoms with E-state index in [1.165, 1.54) is 5.56 Å². The van der Waals surface area contributed by atoms with Crippen LogP contribution in [0.5, 0.6) is 0 Å². The van der Waals surface area contributed by atoms with Crippen LogP contribution in [0.25, 0.3) is 11.5 Å². The number of nitrogens with one attached hydrogen (secondary N) is 2. The first-order valence-corrected chi connectivity index (χ1v) is 11.2. The second-order valence-electron chi connectivity index (χ2n) is 7.83.